The summed E-state index contributed by atoms with van der Waals surface area (Å²) >= 11 is 0. The van der Waals surface area contributed by atoms with Crippen LogP contribution in [0.4, 0.5) is 4.79 Å². The molecule has 3 fully saturated rings. The van der Waals surface area contributed by atoms with Crippen LogP contribution in [0.1, 0.15) is 92.4 Å². The Kier molecular flexibility index (Phi) is 10.9. The highest BCUT2D eigenvalue weighted by molar-refractivity contribution is 7.90. The summed E-state index contributed by atoms with van der Waals surface area (Å²) in [7, 11) is -3.39. The number of nitrogens with two attached hydrogens (primary N) is 1. The molecular weight excluding hydrogens is 574 g/mol. The Morgan fingerprint density at radius 3 is 2.09 bits per heavy atom. The van der Waals surface area contributed by atoms with Crippen molar-refractivity contribution >= 4 is 39.4 Å². The van der Waals surface area contributed by atoms with Crippen molar-refractivity contribution in [3.05, 3.63) is 0 Å². The van der Waals surface area contributed by atoms with Gasteiger partial charge in [-0.1, -0.05) is 66.7 Å². The van der Waals surface area contributed by atoms with Crippen LogP contribution in [-0.2, 0) is 29.0 Å². The lowest BCUT2D eigenvalue weighted by molar-refractivity contribution is -0.143. The SMILES string of the molecule is CC(C)C1C[C@@H](C(=O)NC(CC2CC2)C(=O)C(N)=O)N(C(=O)[C@@H](NC(=O)NC2(CS(C)(=O)=O)CCCCC2)C(C)(C)C)C1. The van der Waals surface area contributed by atoms with Crippen molar-refractivity contribution in [1.82, 2.24) is 20.9 Å². The Bertz CT molecular complexity index is 1190. The van der Waals surface area contributed by atoms with Gasteiger partial charge in [-0.3, -0.25) is 19.2 Å². The number of carbonyl (C=O) groups is 5. The molecule has 0 spiro atoms. The molecule has 2 saturated carbocycles. The predicted octanol–water partition coefficient (Wildman–Crippen LogP) is 1.66. The smallest absolute Gasteiger partial charge is 0.315 e. The Hall–Kier alpha value is -2.70. The van der Waals surface area contributed by atoms with Gasteiger partial charge in [0.2, 0.25) is 17.6 Å². The van der Waals surface area contributed by atoms with Crippen molar-refractivity contribution in [2.24, 2.45) is 28.9 Å². The molecule has 0 aromatic heterocycles. The number of sulfone groups is 1. The van der Waals surface area contributed by atoms with E-state index in [2.05, 4.69) is 16.0 Å². The molecule has 0 aromatic carbocycles. The van der Waals surface area contributed by atoms with Gasteiger partial charge in [0.25, 0.3) is 5.91 Å². The van der Waals surface area contributed by atoms with Crippen molar-refractivity contribution in [2.75, 3.05) is 18.6 Å². The molecule has 43 heavy (non-hydrogen) atoms. The van der Waals surface area contributed by atoms with E-state index in [1.54, 1.807) is 0 Å². The molecule has 1 heterocycles. The van der Waals surface area contributed by atoms with Crippen molar-refractivity contribution in [3.8, 4) is 0 Å². The fraction of sp³-hybridized carbons (Fsp3) is 0.833. The van der Waals surface area contributed by atoms with Gasteiger partial charge in [-0.05, 0) is 48.9 Å². The quantitative estimate of drug-likeness (QED) is 0.238. The largest absolute Gasteiger partial charge is 0.363 e. The monoisotopic (exact) mass is 625 g/mol. The second-order valence-electron chi connectivity index (χ2n) is 14.5. The molecule has 3 rings (SSSR count). The van der Waals surface area contributed by atoms with E-state index in [4.69, 9.17) is 5.73 Å². The van der Waals surface area contributed by atoms with E-state index in [1.807, 2.05) is 34.6 Å². The number of primary amides is 1. The van der Waals surface area contributed by atoms with Gasteiger partial charge in [-0.15, -0.1) is 0 Å². The molecule has 4 atom stereocenters. The van der Waals surface area contributed by atoms with Crippen molar-refractivity contribution in [2.45, 2.75) is 116 Å². The molecule has 1 aliphatic heterocycles. The molecule has 5 amide bonds. The predicted molar refractivity (Wildman–Crippen MR) is 162 cm³/mol. The summed E-state index contributed by atoms with van der Waals surface area (Å²) in [6.07, 6.45) is 7.26. The molecule has 3 aliphatic rings. The molecule has 12 nitrogen and oxygen atoms in total. The van der Waals surface area contributed by atoms with Gasteiger partial charge in [0.05, 0.1) is 17.3 Å². The molecule has 0 radical (unpaired) electrons. The number of amides is 5. The molecule has 5 N–H and O–H groups in total. The van der Waals surface area contributed by atoms with E-state index >= 15 is 0 Å². The normalized spacial score (nSPS) is 23.7. The number of ketones is 1. The van der Waals surface area contributed by atoms with Crippen molar-refractivity contribution < 1.29 is 32.4 Å². The van der Waals surface area contributed by atoms with Gasteiger partial charge in [0.15, 0.2) is 0 Å². The lowest BCUT2D eigenvalue weighted by atomic mass is 9.83. The number of hydrogen-bond acceptors (Lipinski definition) is 7. The van der Waals surface area contributed by atoms with Crippen molar-refractivity contribution in [3.63, 3.8) is 0 Å². The van der Waals surface area contributed by atoms with Gasteiger partial charge in [0.1, 0.15) is 21.9 Å². The van der Waals surface area contributed by atoms with Crippen LogP contribution in [0.5, 0.6) is 0 Å². The summed E-state index contributed by atoms with van der Waals surface area (Å²) in [5, 5.41) is 8.45. The Labute approximate surface area is 255 Å². The first kappa shape index (κ1) is 34.8. The topological polar surface area (TPSA) is 185 Å². The lowest BCUT2D eigenvalue weighted by Gasteiger charge is -2.40. The summed E-state index contributed by atoms with van der Waals surface area (Å²) in [6.45, 7) is 9.75. The highest BCUT2D eigenvalue weighted by atomic mass is 32.2. The van der Waals surface area contributed by atoms with Crippen LogP contribution in [0.2, 0.25) is 0 Å². The molecule has 2 unspecified atom stereocenters. The summed E-state index contributed by atoms with van der Waals surface area (Å²) in [5.74, 6) is -2.71. The third kappa shape index (κ3) is 9.64. The second kappa shape index (κ2) is 13.5. The maximum Gasteiger partial charge on any atom is 0.315 e. The maximum absolute atomic E-state index is 14.2. The van der Waals surface area contributed by atoms with Gasteiger partial charge in [0, 0.05) is 12.8 Å². The Morgan fingerprint density at radius 2 is 1.60 bits per heavy atom. The number of nitrogens with one attached hydrogen (secondary N) is 3. The molecule has 13 heteroatoms. The minimum absolute atomic E-state index is 0.00291. The Morgan fingerprint density at radius 1 is 1.00 bits per heavy atom. The zero-order valence-corrected chi connectivity index (χ0v) is 27.3. The Balaban J connectivity index is 1.83. The van der Waals surface area contributed by atoms with E-state index in [9.17, 15) is 32.4 Å². The van der Waals surface area contributed by atoms with E-state index in [1.165, 1.54) is 4.90 Å². The highest BCUT2D eigenvalue weighted by Gasteiger charge is 2.47. The summed E-state index contributed by atoms with van der Waals surface area (Å²) < 4.78 is 24.5. The average Bonchev–Trinajstić information content (AvgIpc) is 3.57. The third-order valence-electron chi connectivity index (χ3n) is 9.12. The van der Waals surface area contributed by atoms with Gasteiger partial charge >= 0.3 is 6.03 Å². The van der Waals surface area contributed by atoms with Gasteiger partial charge < -0.3 is 26.6 Å². The van der Waals surface area contributed by atoms with E-state index in [-0.39, 0.29) is 23.5 Å². The second-order valence-corrected chi connectivity index (χ2v) is 16.7. The lowest BCUT2D eigenvalue weighted by Crippen LogP contribution is -2.63. The summed E-state index contributed by atoms with van der Waals surface area (Å²) in [4.78, 5) is 66.9. The molecule has 0 bridgehead atoms. The van der Waals surface area contributed by atoms with Gasteiger partial charge in [-0.2, -0.15) is 0 Å². The third-order valence-corrected chi connectivity index (χ3v) is 10.2. The van der Waals surface area contributed by atoms with Crippen LogP contribution in [0, 0.1) is 23.2 Å². The fourth-order valence-electron chi connectivity index (χ4n) is 6.46. The summed E-state index contributed by atoms with van der Waals surface area (Å²) in [5.41, 5.74) is 3.60. The molecule has 0 aromatic rings. The van der Waals surface area contributed by atoms with Crippen LogP contribution in [-0.4, -0.2) is 85.1 Å². The molecule has 244 valence electrons. The molecule has 1 saturated heterocycles. The summed E-state index contributed by atoms with van der Waals surface area (Å²) in [6, 6.07) is -3.60. The van der Waals surface area contributed by atoms with E-state index in [0.717, 1.165) is 38.4 Å². The minimum Gasteiger partial charge on any atom is -0.363 e. The number of carbonyl (C=O) groups excluding carboxylic acids is 5. The van der Waals surface area contributed by atoms with E-state index in [0.29, 0.717) is 32.2 Å². The highest BCUT2D eigenvalue weighted by Crippen LogP contribution is 2.35. The zero-order valence-electron chi connectivity index (χ0n) is 26.5. The van der Waals surface area contributed by atoms with Crippen LogP contribution in [0.15, 0.2) is 0 Å². The number of Topliss-reactive ketones (excluding diaryl/α,β-unsaturated/α-hetero) is 1. The number of rotatable bonds is 12. The number of likely N-dealkylation sites (tertiary alicyclic amines) is 1. The molecule has 2 aliphatic carbocycles. The molecular formula is C30H51N5O7S. The minimum atomic E-state index is -3.39. The number of hydrogen-bond donors (Lipinski definition) is 4. The zero-order chi connectivity index (χ0) is 32.3. The van der Waals surface area contributed by atoms with Crippen LogP contribution in [0.25, 0.3) is 0 Å². The first-order valence-electron chi connectivity index (χ1n) is 15.5. The van der Waals surface area contributed by atoms with Crippen molar-refractivity contribution in [1.29, 1.82) is 0 Å². The standard InChI is InChI=1S/C30H51N5O7S/c1-18(2)20-15-22(26(38)32-21(14-19-10-11-19)23(36)25(31)37)35(16-20)27(39)24(29(3,4)5)33-28(40)34-30(17-43(6,41)42)12-8-7-9-13-30/h18-22,24H,7-17H2,1-6H3,(H2,31,37)(H,32,38)(H2,33,34,40)/t20?,21?,22-,24+/m0/s1. The number of nitrogens with zero attached hydrogens (tertiary/aromatic N) is 1. The number of urea groups is 1. The van der Waals surface area contributed by atoms with Crippen LogP contribution >= 0.6 is 0 Å². The first-order chi connectivity index (χ1) is 19.8. The fourth-order valence-corrected chi connectivity index (χ4v) is 7.82. The maximum atomic E-state index is 14.2. The van der Waals surface area contributed by atoms with E-state index < -0.39 is 68.5 Å². The van der Waals surface area contributed by atoms with Gasteiger partial charge in [-0.25, -0.2) is 13.2 Å². The van der Waals surface area contributed by atoms with Crippen LogP contribution < -0.4 is 21.7 Å². The average molecular weight is 626 g/mol. The first-order valence-corrected chi connectivity index (χ1v) is 17.6. The van der Waals surface area contributed by atoms with Crippen LogP contribution in [0.3, 0.4) is 0 Å².